The van der Waals surface area contributed by atoms with Crippen molar-refractivity contribution in [3.63, 3.8) is 0 Å². The summed E-state index contributed by atoms with van der Waals surface area (Å²) in [6.45, 7) is 5.55. The molecule has 3 rings (SSSR count). The van der Waals surface area contributed by atoms with Gasteiger partial charge in [0.25, 0.3) is 0 Å². The zero-order valence-corrected chi connectivity index (χ0v) is 16.2. The standard InChI is InChI=1S/C21H20N2O3S/c1-14-9-10-19(15(2)11-14)23(16(3)24)21-22-18(13-27-21)12-26-20(25)17-7-5-4-6-8-17/h4-11,13H,12H2,1-3H3. The number of nitrogens with zero attached hydrogens (tertiary/aromatic N) is 2. The number of amides is 1. The summed E-state index contributed by atoms with van der Waals surface area (Å²) < 4.78 is 5.31. The number of carbonyl (C=O) groups excluding carboxylic acids is 2. The molecule has 1 aromatic heterocycles. The molecule has 0 radical (unpaired) electrons. The number of hydrogen-bond donors (Lipinski definition) is 0. The zero-order valence-electron chi connectivity index (χ0n) is 15.4. The predicted molar refractivity (Wildman–Crippen MR) is 106 cm³/mol. The van der Waals surface area contributed by atoms with E-state index in [1.54, 1.807) is 34.5 Å². The number of aryl methyl sites for hydroxylation is 2. The molecule has 138 valence electrons. The number of rotatable bonds is 5. The number of ether oxygens (including phenoxy) is 1. The highest BCUT2D eigenvalue weighted by Crippen LogP contribution is 2.31. The van der Waals surface area contributed by atoms with Crippen LogP contribution in [0, 0.1) is 13.8 Å². The van der Waals surface area contributed by atoms with Crippen molar-refractivity contribution in [1.29, 1.82) is 0 Å². The maximum Gasteiger partial charge on any atom is 0.338 e. The fourth-order valence-electron chi connectivity index (χ4n) is 2.73. The first-order chi connectivity index (χ1) is 13.0. The lowest BCUT2D eigenvalue weighted by Gasteiger charge is -2.20. The van der Waals surface area contributed by atoms with E-state index in [0.29, 0.717) is 16.4 Å². The van der Waals surface area contributed by atoms with E-state index < -0.39 is 5.97 Å². The molecule has 0 aliphatic carbocycles. The van der Waals surface area contributed by atoms with Crippen molar-refractivity contribution >= 4 is 34.0 Å². The molecule has 0 unspecified atom stereocenters. The van der Waals surface area contributed by atoms with Gasteiger partial charge in [-0.05, 0) is 37.6 Å². The van der Waals surface area contributed by atoms with E-state index in [4.69, 9.17) is 4.74 Å². The minimum absolute atomic E-state index is 0.0584. The molecule has 1 heterocycles. The van der Waals surface area contributed by atoms with Gasteiger partial charge in [0.2, 0.25) is 5.91 Å². The van der Waals surface area contributed by atoms with E-state index in [0.717, 1.165) is 16.8 Å². The monoisotopic (exact) mass is 380 g/mol. The van der Waals surface area contributed by atoms with E-state index in [1.165, 1.54) is 18.3 Å². The number of esters is 1. The molecule has 0 fully saturated rings. The Hall–Kier alpha value is -2.99. The lowest BCUT2D eigenvalue weighted by atomic mass is 10.1. The summed E-state index contributed by atoms with van der Waals surface area (Å²) in [5, 5.41) is 2.35. The van der Waals surface area contributed by atoms with E-state index in [2.05, 4.69) is 4.98 Å². The molecule has 0 saturated carbocycles. The molecule has 1 amide bonds. The fourth-order valence-corrected chi connectivity index (χ4v) is 3.59. The molecule has 3 aromatic rings. The summed E-state index contributed by atoms with van der Waals surface area (Å²) in [4.78, 5) is 30.4. The second-order valence-electron chi connectivity index (χ2n) is 6.21. The Morgan fingerprint density at radius 2 is 1.85 bits per heavy atom. The fraction of sp³-hybridized carbons (Fsp3) is 0.190. The summed E-state index contributed by atoms with van der Waals surface area (Å²) in [5.74, 6) is -0.521. The van der Waals surface area contributed by atoms with Gasteiger partial charge in [-0.3, -0.25) is 9.69 Å². The van der Waals surface area contributed by atoms with Crippen molar-refractivity contribution in [2.24, 2.45) is 0 Å². The molecule has 0 N–H and O–H groups in total. The first-order valence-electron chi connectivity index (χ1n) is 8.50. The molecular formula is C21H20N2O3S. The van der Waals surface area contributed by atoms with Crippen LogP contribution in [0.15, 0.2) is 53.9 Å². The first-order valence-corrected chi connectivity index (χ1v) is 9.38. The van der Waals surface area contributed by atoms with Crippen molar-refractivity contribution in [2.45, 2.75) is 27.4 Å². The Morgan fingerprint density at radius 3 is 2.52 bits per heavy atom. The quantitative estimate of drug-likeness (QED) is 0.597. The molecule has 0 spiro atoms. The van der Waals surface area contributed by atoms with Crippen LogP contribution in [0.2, 0.25) is 0 Å². The van der Waals surface area contributed by atoms with Crippen LogP contribution in [0.5, 0.6) is 0 Å². The molecule has 5 nitrogen and oxygen atoms in total. The average molecular weight is 380 g/mol. The molecule has 0 aliphatic rings. The Kier molecular flexibility index (Phi) is 5.66. The third kappa shape index (κ3) is 4.41. The average Bonchev–Trinajstić information content (AvgIpc) is 3.10. The molecule has 0 atom stereocenters. The SMILES string of the molecule is CC(=O)N(c1nc(COC(=O)c2ccccc2)cs1)c1ccc(C)cc1C. The number of anilines is 2. The predicted octanol–water partition coefficient (Wildman–Crippen LogP) is 4.80. The second kappa shape index (κ2) is 8.14. The second-order valence-corrected chi connectivity index (χ2v) is 7.04. The van der Waals surface area contributed by atoms with Crippen molar-refractivity contribution in [2.75, 3.05) is 4.90 Å². The van der Waals surface area contributed by atoms with Gasteiger partial charge in [0.15, 0.2) is 5.13 Å². The van der Waals surface area contributed by atoms with Crippen molar-refractivity contribution in [1.82, 2.24) is 4.98 Å². The minimum Gasteiger partial charge on any atom is -0.456 e. The molecule has 2 aromatic carbocycles. The van der Waals surface area contributed by atoms with Gasteiger partial charge in [0.05, 0.1) is 16.9 Å². The van der Waals surface area contributed by atoms with Crippen LogP contribution >= 0.6 is 11.3 Å². The van der Waals surface area contributed by atoms with Gasteiger partial charge in [0.1, 0.15) is 6.61 Å². The summed E-state index contributed by atoms with van der Waals surface area (Å²) in [7, 11) is 0. The van der Waals surface area contributed by atoms with Crippen LogP contribution in [-0.4, -0.2) is 16.9 Å². The van der Waals surface area contributed by atoms with Crippen molar-refractivity contribution < 1.29 is 14.3 Å². The third-order valence-corrected chi connectivity index (χ3v) is 4.87. The first kappa shape index (κ1) is 18.8. The zero-order chi connectivity index (χ0) is 19.4. The Labute approximate surface area is 162 Å². The van der Waals surface area contributed by atoms with Gasteiger partial charge in [-0.25, -0.2) is 9.78 Å². The van der Waals surface area contributed by atoms with Gasteiger partial charge in [-0.2, -0.15) is 0 Å². The van der Waals surface area contributed by atoms with Crippen LogP contribution in [0.25, 0.3) is 0 Å². The van der Waals surface area contributed by atoms with E-state index >= 15 is 0 Å². The molecule has 6 heteroatoms. The highest BCUT2D eigenvalue weighted by Gasteiger charge is 2.20. The largest absolute Gasteiger partial charge is 0.456 e. The summed E-state index contributed by atoms with van der Waals surface area (Å²) in [6, 6.07) is 14.7. The smallest absolute Gasteiger partial charge is 0.338 e. The van der Waals surface area contributed by atoms with Gasteiger partial charge in [0, 0.05) is 12.3 Å². The lowest BCUT2D eigenvalue weighted by molar-refractivity contribution is -0.115. The normalized spacial score (nSPS) is 10.5. The van der Waals surface area contributed by atoms with Gasteiger partial charge >= 0.3 is 5.97 Å². The van der Waals surface area contributed by atoms with E-state index in [9.17, 15) is 9.59 Å². The maximum atomic E-state index is 12.2. The van der Waals surface area contributed by atoms with Crippen molar-refractivity contribution in [3.8, 4) is 0 Å². The van der Waals surface area contributed by atoms with Crippen LogP contribution in [0.1, 0.15) is 34.1 Å². The molecule has 0 saturated heterocycles. The lowest BCUT2D eigenvalue weighted by Crippen LogP contribution is -2.23. The number of carbonyl (C=O) groups is 2. The number of aromatic nitrogens is 1. The summed E-state index contributed by atoms with van der Waals surface area (Å²) in [5.41, 5.74) is 4.03. The van der Waals surface area contributed by atoms with Crippen LogP contribution in [0.3, 0.4) is 0 Å². The molecule has 0 bridgehead atoms. The number of benzene rings is 2. The Balaban J connectivity index is 1.76. The van der Waals surface area contributed by atoms with Gasteiger partial charge in [-0.1, -0.05) is 35.9 Å². The number of thiazole rings is 1. The highest BCUT2D eigenvalue weighted by molar-refractivity contribution is 7.14. The Morgan fingerprint density at radius 1 is 1.11 bits per heavy atom. The Bertz CT molecular complexity index is 967. The topological polar surface area (TPSA) is 59.5 Å². The van der Waals surface area contributed by atoms with E-state index in [1.807, 2.05) is 38.1 Å². The highest BCUT2D eigenvalue weighted by atomic mass is 32.1. The molecule has 27 heavy (non-hydrogen) atoms. The van der Waals surface area contributed by atoms with Crippen LogP contribution in [0.4, 0.5) is 10.8 Å². The molecule has 0 aliphatic heterocycles. The molecular weight excluding hydrogens is 360 g/mol. The minimum atomic E-state index is -0.400. The summed E-state index contributed by atoms with van der Waals surface area (Å²) in [6.07, 6.45) is 0. The number of hydrogen-bond acceptors (Lipinski definition) is 5. The third-order valence-electron chi connectivity index (χ3n) is 4.00. The maximum absolute atomic E-state index is 12.2. The summed E-state index contributed by atoms with van der Waals surface area (Å²) >= 11 is 1.34. The van der Waals surface area contributed by atoms with Gasteiger partial charge in [-0.15, -0.1) is 11.3 Å². The van der Waals surface area contributed by atoms with E-state index in [-0.39, 0.29) is 12.5 Å². The van der Waals surface area contributed by atoms with Gasteiger partial charge < -0.3 is 4.74 Å². The van der Waals surface area contributed by atoms with Crippen LogP contribution in [-0.2, 0) is 16.1 Å². The van der Waals surface area contributed by atoms with Crippen LogP contribution < -0.4 is 4.90 Å². The van der Waals surface area contributed by atoms with Crippen molar-refractivity contribution in [3.05, 3.63) is 76.3 Å².